The van der Waals surface area contributed by atoms with Gasteiger partial charge in [-0.25, -0.2) is 9.97 Å². The summed E-state index contributed by atoms with van der Waals surface area (Å²) in [5.74, 6) is 0.565. The van der Waals surface area contributed by atoms with E-state index in [0.29, 0.717) is 18.9 Å². The Balaban J connectivity index is 2.34. The van der Waals surface area contributed by atoms with Crippen molar-refractivity contribution in [2.75, 3.05) is 23.8 Å². The number of hydrogen-bond acceptors (Lipinski definition) is 7. The molecule has 0 amide bonds. The van der Waals surface area contributed by atoms with Gasteiger partial charge in [-0.15, -0.1) is 11.3 Å². The lowest BCUT2D eigenvalue weighted by molar-refractivity contribution is -0.383. The number of rotatable bonds is 6. The van der Waals surface area contributed by atoms with E-state index in [1.807, 2.05) is 24.4 Å². The normalized spacial score (nSPS) is 10.3. The Kier molecular flexibility index (Phi) is 4.46. The first kappa shape index (κ1) is 14.2. The van der Waals surface area contributed by atoms with E-state index in [-0.39, 0.29) is 11.5 Å². The van der Waals surface area contributed by atoms with Crippen LogP contribution in [0.25, 0.3) is 0 Å². The summed E-state index contributed by atoms with van der Waals surface area (Å²) in [5, 5.41) is 16.2. The first-order chi connectivity index (χ1) is 9.63. The van der Waals surface area contributed by atoms with E-state index in [4.69, 9.17) is 0 Å². The minimum absolute atomic E-state index is 0.0894. The number of nitro groups is 1. The summed E-state index contributed by atoms with van der Waals surface area (Å²) in [6, 6.07) is 3.94. The van der Waals surface area contributed by atoms with Crippen molar-refractivity contribution in [2.45, 2.75) is 13.5 Å². The molecule has 0 aliphatic heterocycles. The summed E-state index contributed by atoms with van der Waals surface area (Å²) < 4.78 is 0. The number of hydrogen-bond donors (Lipinski definition) is 1. The molecule has 2 aromatic rings. The molecule has 20 heavy (non-hydrogen) atoms. The highest BCUT2D eigenvalue weighted by atomic mass is 32.1. The highest BCUT2D eigenvalue weighted by molar-refractivity contribution is 7.09. The number of anilines is 2. The van der Waals surface area contributed by atoms with Crippen LogP contribution in [-0.2, 0) is 6.54 Å². The number of aromatic nitrogens is 2. The van der Waals surface area contributed by atoms with Crippen LogP contribution in [-0.4, -0.2) is 28.5 Å². The second kappa shape index (κ2) is 6.29. The van der Waals surface area contributed by atoms with Crippen molar-refractivity contribution < 1.29 is 4.92 Å². The highest BCUT2D eigenvalue weighted by Gasteiger charge is 2.25. The Morgan fingerprint density at radius 2 is 2.30 bits per heavy atom. The van der Waals surface area contributed by atoms with Crippen LogP contribution >= 0.6 is 11.3 Å². The molecule has 8 heteroatoms. The molecule has 0 aliphatic carbocycles. The molecule has 7 nitrogen and oxygen atoms in total. The maximum absolute atomic E-state index is 11.3. The molecule has 2 rings (SSSR count). The van der Waals surface area contributed by atoms with Gasteiger partial charge in [0.05, 0.1) is 11.5 Å². The Morgan fingerprint density at radius 3 is 2.90 bits per heavy atom. The molecule has 0 spiro atoms. The molecule has 0 saturated carbocycles. The van der Waals surface area contributed by atoms with E-state index in [1.165, 1.54) is 6.33 Å². The molecule has 0 fully saturated rings. The van der Waals surface area contributed by atoms with E-state index in [0.717, 1.165) is 4.88 Å². The summed E-state index contributed by atoms with van der Waals surface area (Å²) in [4.78, 5) is 21.7. The SMILES string of the molecule is CCNc1ncnc(N(C)Cc2cccs2)c1[N+](=O)[O-]. The van der Waals surface area contributed by atoms with Crippen molar-refractivity contribution in [3.8, 4) is 0 Å². The van der Waals surface area contributed by atoms with Crippen LogP contribution < -0.4 is 10.2 Å². The topological polar surface area (TPSA) is 84.2 Å². The number of nitrogens with zero attached hydrogens (tertiary/aromatic N) is 4. The average Bonchev–Trinajstić information content (AvgIpc) is 2.91. The first-order valence-corrected chi connectivity index (χ1v) is 6.98. The predicted octanol–water partition coefficient (Wildman–Crippen LogP) is 2.51. The van der Waals surface area contributed by atoms with Gasteiger partial charge in [0.1, 0.15) is 6.33 Å². The van der Waals surface area contributed by atoms with Crippen LogP contribution in [0.4, 0.5) is 17.3 Å². The third kappa shape index (κ3) is 3.02. The van der Waals surface area contributed by atoms with Gasteiger partial charge in [0, 0.05) is 18.5 Å². The smallest absolute Gasteiger partial charge is 0.353 e. The number of nitrogens with one attached hydrogen (secondary N) is 1. The summed E-state index contributed by atoms with van der Waals surface area (Å²) in [7, 11) is 1.78. The molecule has 106 valence electrons. The summed E-state index contributed by atoms with van der Waals surface area (Å²) in [6.45, 7) is 2.99. The van der Waals surface area contributed by atoms with Gasteiger partial charge in [0.2, 0.25) is 11.6 Å². The zero-order chi connectivity index (χ0) is 14.5. The van der Waals surface area contributed by atoms with Gasteiger partial charge < -0.3 is 10.2 Å². The van der Waals surface area contributed by atoms with Gasteiger partial charge in [-0.3, -0.25) is 10.1 Å². The zero-order valence-corrected chi connectivity index (χ0v) is 12.1. The molecular weight excluding hydrogens is 278 g/mol. The fourth-order valence-corrected chi connectivity index (χ4v) is 2.58. The lowest BCUT2D eigenvalue weighted by Gasteiger charge is -2.17. The Hall–Kier alpha value is -2.22. The molecule has 0 radical (unpaired) electrons. The third-order valence-corrected chi connectivity index (χ3v) is 3.53. The van der Waals surface area contributed by atoms with Gasteiger partial charge in [0.15, 0.2) is 0 Å². The van der Waals surface area contributed by atoms with Crippen LogP contribution in [0.3, 0.4) is 0 Å². The molecule has 0 aliphatic rings. The van der Waals surface area contributed by atoms with E-state index in [2.05, 4.69) is 15.3 Å². The van der Waals surface area contributed by atoms with Crippen LogP contribution in [0.1, 0.15) is 11.8 Å². The van der Waals surface area contributed by atoms with Crippen LogP contribution in [0, 0.1) is 10.1 Å². The van der Waals surface area contributed by atoms with Gasteiger partial charge in [-0.1, -0.05) is 6.07 Å². The third-order valence-electron chi connectivity index (χ3n) is 2.66. The second-order valence-corrected chi connectivity index (χ2v) is 5.15. The molecule has 0 unspecified atom stereocenters. The highest BCUT2D eigenvalue weighted by Crippen LogP contribution is 2.31. The lowest BCUT2D eigenvalue weighted by atomic mass is 10.3. The lowest BCUT2D eigenvalue weighted by Crippen LogP contribution is -2.19. The van der Waals surface area contributed by atoms with E-state index in [9.17, 15) is 10.1 Å². The van der Waals surface area contributed by atoms with Crippen LogP contribution in [0.2, 0.25) is 0 Å². The van der Waals surface area contributed by atoms with Gasteiger partial charge >= 0.3 is 5.69 Å². The van der Waals surface area contributed by atoms with Crippen molar-refractivity contribution in [2.24, 2.45) is 0 Å². The standard InChI is InChI=1S/C12H15N5O2S/c1-3-13-11-10(17(18)19)12(15-8-14-11)16(2)7-9-5-4-6-20-9/h4-6,8H,3,7H2,1-2H3,(H,13,14,15). The largest absolute Gasteiger partial charge is 0.364 e. The molecule has 2 heterocycles. The minimum Gasteiger partial charge on any atom is -0.364 e. The monoisotopic (exact) mass is 293 g/mol. The van der Waals surface area contributed by atoms with E-state index >= 15 is 0 Å². The number of thiophene rings is 1. The average molecular weight is 293 g/mol. The molecule has 1 N–H and O–H groups in total. The fraction of sp³-hybridized carbons (Fsp3) is 0.333. The molecule has 0 aromatic carbocycles. The summed E-state index contributed by atoms with van der Waals surface area (Å²) >= 11 is 1.60. The van der Waals surface area contributed by atoms with E-state index in [1.54, 1.807) is 23.3 Å². The van der Waals surface area contributed by atoms with Crippen molar-refractivity contribution >= 4 is 28.7 Å². The minimum atomic E-state index is -0.446. The van der Waals surface area contributed by atoms with Gasteiger partial charge in [-0.05, 0) is 18.4 Å². The molecule has 0 bridgehead atoms. The van der Waals surface area contributed by atoms with Crippen LogP contribution in [0.5, 0.6) is 0 Å². The summed E-state index contributed by atoms with van der Waals surface area (Å²) in [5.41, 5.74) is -0.0894. The van der Waals surface area contributed by atoms with Gasteiger partial charge in [-0.2, -0.15) is 0 Å². The second-order valence-electron chi connectivity index (χ2n) is 4.12. The predicted molar refractivity (Wildman–Crippen MR) is 79.3 cm³/mol. The Bertz CT molecular complexity index is 588. The van der Waals surface area contributed by atoms with Gasteiger partial charge in [0.25, 0.3) is 0 Å². The van der Waals surface area contributed by atoms with Crippen molar-refractivity contribution in [3.05, 3.63) is 38.8 Å². The molecule has 0 saturated heterocycles. The van der Waals surface area contributed by atoms with Crippen LogP contribution in [0.15, 0.2) is 23.8 Å². The molecule has 0 atom stereocenters. The maximum atomic E-state index is 11.3. The fourth-order valence-electron chi connectivity index (χ4n) is 1.82. The maximum Gasteiger partial charge on any atom is 0.353 e. The van der Waals surface area contributed by atoms with Crippen molar-refractivity contribution in [3.63, 3.8) is 0 Å². The Labute approximate surface area is 120 Å². The van der Waals surface area contributed by atoms with E-state index < -0.39 is 4.92 Å². The quantitative estimate of drug-likeness (QED) is 0.650. The van der Waals surface area contributed by atoms with Crippen molar-refractivity contribution in [1.29, 1.82) is 0 Å². The molecule has 2 aromatic heterocycles. The Morgan fingerprint density at radius 1 is 1.50 bits per heavy atom. The zero-order valence-electron chi connectivity index (χ0n) is 11.2. The summed E-state index contributed by atoms with van der Waals surface area (Å²) in [6.07, 6.45) is 1.34. The first-order valence-electron chi connectivity index (χ1n) is 6.10. The molecular formula is C12H15N5O2S. The van der Waals surface area contributed by atoms with Crippen molar-refractivity contribution in [1.82, 2.24) is 9.97 Å².